The number of hydrogen-bond acceptors (Lipinski definition) is 8. The molecule has 1 unspecified atom stereocenters. The number of ether oxygens (including phenoxy) is 6. The summed E-state index contributed by atoms with van der Waals surface area (Å²) in [5.41, 5.74) is 2.09. The van der Waals surface area contributed by atoms with Gasteiger partial charge in [-0.25, -0.2) is 0 Å². The maximum atomic E-state index is 10.8. The maximum Gasteiger partial charge on any atom is 0.231 e. The van der Waals surface area contributed by atoms with Crippen molar-refractivity contribution in [2.45, 2.75) is 19.2 Å². The van der Waals surface area contributed by atoms with Crippen molar-refractivity contribution in [2.75, 3.05) is 41.3 Å². The lowest BCUT2D eigenvalue weighted by Crippen LogP contribution is -2.35. The van der Waals surface area contributed by atoms with Crippen molar-refractivity contribution < 1.29 is 33.5 Å². The molecule has 35 heavy (non-hydrogen) atoms. The molecular formula is C27H31NO7. The van der Waals surface area contributed by atoms with Gasteiger partial charge in [0.05, 0.1) is 21.3 Å². The average Bonchev–Trinajstić information content (AvgIpc) is 3.35. The van der Waals surface area contributed by atoms with E-state index >= 15 is 0 Å². The summed E-state index contributed by atoms with van der Waals surface area (Å²) >= 11 is 0. The van der Waals surface area contributed by atoms with Gasteiger partial charge in [0.2, 0.25) is 6.79 Å². The Labute approximate surface area is 205 Å². The van der Waals surface area contributed by atoms with Crippen molar-refractivity contribution in [3.63, 3.8) is 0 Å². The van der Waals surface area contributed by atoms with E-state index in [9.17, 15) is 5.11 Å². The number of rotatable bonds is 12. The van der Waals surface area contributed by atoms with Gasteiger partial charge in [-0.05, 0) is 59.7 Å². The molecule has 0 saturated heterocycles. The smallest absolute Gasteiger partial charge is 0.231 e. The number of nitrogens with zero attached hydrogens (tertiary/aromatic N) is 1. The van der Waals surface area contributed by atoms with Crippen molar-refractivity contribution >= 4 is 0 Å². The molecule has 1 atom stereocenters. The Morgan fingerprint density at radius 1 is 0.771 bits per heavy atom. The number of hydrogen-bond donors (Lipinski definition) is 1. The molecule has 0 spiro atoms. The largest absolute Gasteiger partial charge is 0.497 e. The predicted molar refractivity (Wildman–Crippen MR) is 131 cm³/mol. The minimum Gasteiger partial charge on any atom is -0.497 e. The third-order valence-corrected chi connectivity index (χ3v) is 5.67. The normalized spacial score (nSPS) is 12.9. The zero-order valence-electron chi connectivity index (χ0n) is 20.2. The summed E-state index contributed by atoms with van der Waals surface area (Å²) in [6.07, 6.45) is -0.703. The molecular weight excluding hydrogens is 450 g/mol. The first-order chi connectivity index (χ1) is 17.1. The summed E-state index contributed by atoms with van der Waals surface area (Å²) in [5, 5.41) is 10.8. The molecule has 186 valence electrons. The zero-order valence-corrected chi connectivity index (χ0v) is 20.2. The van der Waals surface area contributed by atoms with Crippen LogP contribution in [0.4, 0.5) is 0 Å². The second-order valence-electron chi connectivity index (χ2n) is 8.19. The first-order valence-corrected chi connectivity index (χ1v) is 11.3. The number of benzene rings is 3. The molecule has 0 saturated carbocycles. The lowest BCUT2D eigenvalue weighted by molar-refractivity contribution is 0.0628. The fourth-order valence-corrected chi connectivity index (χ4v) is 3.93. The highest BCUT2D eigenvalue weighted by Gasteiger charge is 2.18. The van der Waals surface area contributed by atoms with Gasteiger partial charge < -0.3 is 33.5 Å². The lowest BCUT2D eigenvalue weighted by atomic mass is 10.1. The van der Waals surface area contributed by atoms with E-state index in [4.69, 9.17) is 28.4 Å². The highest BCUT2D eigenvalue weighted by atomic mass is 16.7. The fourth-order valence-electron chi connectivity index (χ4n) is 3.93. The Bertz CT molecular complexity index is 1100. The molecule has 0 amide bonds. The molecule has 3 aromatic carbocycles. The topological polar surface area (TPSA) is 78.9 Å². The fraction of sp³-hybridized carbons (Fsp3) is 0.333. The Hall–Kier alpha value is -3.62. The van der Waals surface area contributed by atoms with Gasteiger partial charge in [0, 0.05) is 19.6 Å². The van der Waals surface area contributed by atoms with Gasteiger partial charge in [-0.2, -0.15) is 0 Å². The third kappa shape index (κ3) is 6.49. The van der Waals surface area contributed by atoms with E-state index in [-0.39, 0.29) is 13.4 Å². The van der Waals surface area contributed by atoms with E-state index in [0.717, 1.165) is 28.4 Å². The average molecular weight is 482 g/mol. The first kappa shape index (κ1) is 24.5. The third-order valence-electron chi connectivity index (χ3n) is 5.67. The number of aliphatic hydroxyl groups is 1. The second-order valence-corrected chi connectivity index (χ2v) is 8.19. The first-order valence-electron chi connectivity index (χ1n) is 11.3. The monoisotopic (exact) mass is 481 g/mol. The molecule has 0 aromatic heterocycles. The summed E-state index contributed by atoms with van der Waals surface area (Å²) in [6, 6.07) is 19.0. The number of aliphatic hydroxyl groups excluding tert-OH is 1. The number of fused-ring (bicyclic) bond motifs is 1. The summed E-state index contributed by atoms with van der Waals surface area (Å²) in [7, 11) is 4.85. The van der Waals surface area contributed by atoms with Crippen LogP contribution in [0, 0.1) is 0 Å². The molecule has 1 aliphatic rings. The van der Waals surface area contributed by atoms with E-state index in [1.54, 1.807) is 21.3 Å². The van der Waals surface area contributed by atoms with E-state index in [1.165, 1.54) is 0 Å². The van der Waals surface area contributed by atoms with Crippen LogP contribution in [0.25, 0.3) is 0 Å². The van der Waals surface area contributed by atoms with Crippen molar-refractivity contribution in [1.29, 1.82) is 0 Å². The highest BCUT2D eigenvalue weighted by molar-refractivity contribution is 5.45. The summed E-state index contributed by atoms with van der Waals surface area (Å²) in [5.74, 6) is 4.24. The second kappa shape index (κ2) is 11.7. The molecule has 0 bridgehead atoms. The summed E-state index contributed by atoms with van der Waals surface area (Å²) < 4.78 is 32.7. The van der Waals surface area contributed by atoms with Crippen LogP contribution in [0.5, 0.6) is 34.5 Å². The molecule has 8 nitrogen and oxygen atoms in total. The Balaban J connectivity index is 1.45. The van der Waals surface area contributed by atoms with E-state index in [0.29, 0.717) is 36.9 Å². The molecule has 0 aliphatic carbocycles. The van der Waals surface area contributed by atoms with Crippen molar-refractivity contribution in [1.82, 2.24) is 4.90 Å². The van der Waals surface area contributed by atoms with Gasteiger partial charge in [0.15, 0.2) is 23.0 Å². The van der Waals surface area contributed by atoms with Crippen LogP contribution >= 0.6 is 0 Å². The van der Waals surface area contributed by atoms with Gasteiger partial charge in [-0.3, -0.25) is 4.90 Å². The van der Waals surface area contributed by atoms with Crippen LogP contribution in [-0.2, 0) is 13.1 Å². The summed E-state index contributed by atoms with van der Waals surface area (Å²) in [6.45, 7) is 1.99. The van der Waals surface area contributed by atoms with Crippen molar-refractivity contribution in [3.8, 4) is 34.5 Å². The van der Waals surface area contributed by atoms with Gasteiger partial charge in [0.1, 0.15) is 24.2 Å². The number of methoxy groups -OCH3 is 3. The molecule has 1 aliphatic heterocycles. The molecule has 0 fully saturated rings. The Morgan fingerprint density at radius 3 is 2.14 bits per heavy atom. The van der Waals surface area contributed by atoms with E-state index in [1.807, 2.05) is 60.7 Å². The summed E-state index contributed by atoms with van der Waals surface area (Å²) in [4.78, 5) is 2.15. The van der Waals surface area contributed by atoms with Gasteiger partial charge >= 0.3 is 0 Å². The van der Waals surface area contributed by atoms with Crippen LogP contribution in [0.15, 0.2) is 60.7 Å². The lowest BCUT2D eigenvalue weighted by Gasteiger charge is -2.26. The molecule has 0 radical (unpaired) electrons. The van der Waals surface area contributed by atoms with Crippen molar-refractivity contribution in [2.24, 2.45) is 0 Å². The zero-order chi connectivity index (χ0) is 24.6. The van der Waals surface area contributed by atoms with Gasteiger partial charge in [0.25, 0.3) is 0 Å². The van der Waals surface area contributed by atoms with Crippen molar-refractivity contribution in [3.05, 3.63) is 71.8 Å². The molecule has 1 N–H and O–H groups in total. The van der Waals surface area contributed by atoms with E-state index in [2.05, 4.69) is 4.90 Å². The van der Waals surface area contributed by atoms with Crippen LogP contribution in [0.3, 0.4) is 0 Å². The molecule has 8 heteroatoms. The molecule has 3 aromatic rings. The van der Waals surface area contributed by atoms with E-state index < -0.39 is 6.10 Å². The Kier molecular flexibility index (Phi) is 8.18. The SMILES string of the molecule is COc1ccc(OCC(O)CN(Cc2ccc(OC)c(OC)c2)Cc2ccc3c(c2)OCO3)cc1. The molecule has 4 rings (SSSR count). The minimum absolute atomic E-state index is 0.163. The van der Waals surface area contributed by atoms with Crippen LogP contribution in [0.1, 0.15) is 11.1 Å². The Morgan fingerprint density at radius 2 is 1.43 bits per heavy atom. The predicted octanol–water partition coefficient (Wildman–Crippen LogP) is 3.88. The van der Waals surface area contributed by atoms with Crippen LogP contribution < -0.4 is 28.4 Å². The van der Waals surface area contributed by atoms with Crippen LogP contribution in [0.2, 0.25) is 0 Å². The molecule has 1 heterocycles. The quantitative estimate of drug-likeness (QED) is 0.418. The standard InChI is InChI=1S/C27H31NO7/c1-30-22-6-8-23(9-7-22)33-17-21(29)16-28(14-19-4-10-24(31-2)26(12-19)32-3)15-20-5-11-25-27(13-20)35-18-34-25/h4-13,21,29H,14-18H2,1-3H3. The highest BCUT2D eigenvalue weighted by Crippen LogP contribution is 2.33. The van der Waals surface area contributed by atoms with Gasteiger partial charge in [-0.15, -0.1) is 0 Å². The van der Waals surface area contributed by atoms with Crippen LogP contribution in [-0.4, -0.2) is 57.4 Å². The maximum absolute atomic E-state index is 10.8. The minimum atomic E-state index is -0.703. The van der Waals surface area contributed by atoms with Gasteiger partial charge in [-0.1, -0.05) is 12.1 Å².